The summed E-state index contributed by atoms with van der Waals surface area (Å²) >= 11 is 0. The second kappa shape index (κ2) is 6.80. The van der Waals surface area contributed by atoms with Gasteiger partial charge in [-0.15, -0.1) is 0 Å². The Balaban J connectivity index is 3.85. The van der Waals surface area contributed by atoms with Gasteiger partial charge >= 0.3 is 0 Å². The van der Waals surface area contributed by atoms with Crippen LogP contribution in [-0.4, -0.2) is 50.1 Å². The Morgan fingerprint density at radius 1 is 1.27 bits per heavy atom. The van der Waals surface area contributed by atoms with Crippen molar-refractivity contribution in [3.63, 3.8) is 0 Å². The van der Waals surface area contributed by atoms with Crippen molar-refractivity contribution in [2.24, 2.45) is 0 Å². The fourth-order valence-corrected chi connectivity index (χ4v) is 1.13. The molecule has 0 rings (SSSR count). The van der Waals surface area contributed by atoms with Crippen LogP contribution in [0.1, 0.15) is 27.2 Å². The van der Waals surface area contributed by atoms with Gasteiger partial charge in [0.15, 0.2) is 0 Å². The van der Waals surface area contributed by atoms with E-state index in [9.17, 15) is 4.79 Å². The molecule has 4 nitrogen and oxygen atoms in total. The minimum atomic E-state index is -0.470. The first kappa shape index (κ1) is 14.4. The molecule has 0 radical (unpaired) electrons. The average Bonchev–Trinajstić information content (AvgIpc) is 2.14. The zero-order chi connectivity index (χ0) is 11.9. The predicted molar refractivity (Wildman–Crippen MR) is 63.9 cm³/mol. The summed E-state index contributed by atoms with van der Waals surface area (Å²) in [7, 11) is 3.99. The van der Waals surface area contributed by atoms with Crippen LogP contribution < -0.4 is 10.6 Å². The Bertz CT molecular complexity index is 190. The maximum Gasteiger partial charge on any atom is 0.239 e. The van der Waals surface area contributed by atoms with E-state index in [1.165, 1.54) is 0 Å². The molecule has 0 saturated heterocycles. The molecule has 1 amide bonds. The van der Waals surface area contributed by atoms with Crippen LogP contribution in [0.15, 0.2) is 0 Å². The molecular weight excluding hydrogens is 190 g/mol. The molecule has 0 heterocycles. The molecule has 4 heteroatoms. The molecule has 0 aliphatic rings. The van der Waals surface area contributed by atoms with Gasteiger partial charge in [-0.3, -0.25) is 4.79 Å². The Morgan fingerprint density at radius 3 is 2.33 bits per heavy atom. The van der Waals surface area contributed by atoms with Gasteiger partial charge in [0.1, 0.15) is 0 Å². The second-order valence-corrected chi connectivity index (χ2v) is 4.61. The van der Waals surface area contributed by atoms with Crippen molar-refractivity contribution in [2.45, 2.75) is 32.7 Å². The van der Waals surface area contributed by atoms with Gasteiger partial charge in [-0.25, -0.2) is 0 Å². The molecule has 0 aliphatic carbocycles. The minimum absolute atomic E-state index is 0.0674. The number of nitrogens with one attached hydrogen (secondary N) is 2. The number of carbonyl (C=O) groups is 1. The molecule has 0 aliphatic heterocycles. The van der Waals surface area contributed by atoms with E-state index in [0.717, 1.165) is 19.5 Å². The number of carbonyl (C=O) groups excluding carboxylic acids is 1. The highest BCUT2D eigenvalue weighted by atomic mass is 16.2. The molecule has 0 aromatic heterocycles. The molecule has 0 spiro atoms. The zero-order valence-electron chi connectivity index (χ0n) is 10.7. The van der Waals surface area contributed by atoms with Crippen molar-refractivity contribution in [1.29, 1.82) is 0 Å². The standard InChI is InChI=1S/C11H25N3O/c1-6-7-13-11(2,3)10(15)12-8-9-14(4)5/h13H,6-9H2,1-5H3,(H,12,15). The van der Waals surface area contributed by atoms with E-state index in [2.05, 4.69) is 17.6 Å². The maximum atomic E-state index is 11.8. The van der Waals surface area contributed by atoms with Gasteiger partial charge in [0, 0.05) is 13.1 Å². The first-order valence-electron chi connectivity index (χ1n) is 5.58. The summed E-state index contributed by atoms with van der Waals surface area (Å²) in [4.78, 5) is 13.8. The lowest BCUT2D eigenvalue weighted by Crippen LogP contribution is -2.53. The first-order valence-corrected chi connectivity index (χ1v) is 5.58. The molecule has 15 heavy (non-hydrogen) atoms. The van der Waals surface area contributed by atoms with Gasteiger partial charge in [-0.2, -0.15) is 0 Å². The van der Waals surface area contributed by atoms with E-state index in [1.807, 2.05) is 32.8 Å². The van der Waals surface area contributed by atoms with Crippen LogP contribution in [0.4, 0.5) is 0 Å². The van der Waals surface area contributed by atoms with E-state index < -0.39 is 5.54 Å². The molecule has 0 atom stereocenters. The van der Waals surface area contributed by atoms with Crippen LogP contribution in [0.2, 0.25) is 0 Å². The van der Waals surface area contributed by atoms with E-state index in [4.69, 9.17) is 0 Å². The summed E-state index contributed by atoms with van der Waals surface area (Å²) in [5.41, 5.74) is -0.470. The summed E-state index contributed by atoms with van der Waals surface area (Å²) < 4.78 is 0. The number of amides is 1. The largest absolute Gasteiger partial charge is 0.353 e. The third-order valence-electron chi connectivity index (χ3n) is 2.23. The predicted octanol–water partition coefficient (Wildman–Crippen LogP) is 0.442. The third-order valence-corrected chi connectivity index (χ3v) is 2.23. The second-order valence-electron chi connectivity index (χ2n) is 4.61. The minimum Gasteiger partial charge on any atom is -0.353 e. The van der Waals surface area contributed by atoms with E-state index in [-0.39, 0.29) is 5.91 Å². The molecule has 0 fully saturated rings. The quantitative estimate of drug-likeness (QED) is 0.648. The van der Waals surface area contributed by atoms with Crippen molar-refractivity contribution in [3.8, 4) is 0 Å². The Kier molecular flexibility index (Phi) is 6.52. The number of nitrogens with zero attached hydrogens (tertiary/aromatic N) is 1. The van der Waals surface area contributed by atoms with Crippen LogP contribution >= 0.6 is 0 Å². The van der Waals surface area contributed by atoms with Crippen LogP contribution in [0.3, 0.4) is 0 Å². The number of rotatable bonds is 7. The Hall–Kier alpha value is -0.610. The van der Waals surface area contributed by atoms with Gasteiger partial charge in [-0.1, -0.05) is 6.92 Å². The highest BCUT2D eigenvalue weighted by molar-refractivity contribution is 5.85. The summed E-state index contributed by atoms with van der Waals surface area (Å²) in [5.74, 6) is 0.0674. The van der Waals surface area contributed by atoms with Crippen LogP contribution in [0, 0.1) is 0 Å². The summed E-state index contributed by atoms with van der Waals surface area (Å²) in [6.45, 7) is 8.35. The Labute approximate surface area is 93.4 Å². The topological polar surface area (TPSA) is 44.4 Å². The maximum absolute atomic E-state index is 11.8. The lowest BCUT2D eigenvalue weighted by Gasteiger charge is -2.25. The van der Waals surface area contributed by atoms with Crippen molar-refractivity contribution in [2.75, 3.05) is 33.7 Å². The van der Waals surface area contributed by atoms with Gasteiger partial charge in [0.05, 0.1) is 5.54 Å². The smallest absolute Gasteiger partial charge is 0.239 e. The molecule has 2 N–H and O–H groups in total. The number of likely N-dealkylation sites (N-methyl/N-ethyl adjacent to an activating group) is 1. The lowest BCUT2D eigenvalue weighted by molar-refractivity contribution is -0.126. The molecule has 0 unspecified atom stereocenters. The van der Waals surface area contributed by atoms with Crippen molar-refractivity contribution in [3.05, 3.63) is 0 Å². The normalized spacial score (nSPS) is 11.9. The molecule has 0 saturated carbocycles. The molecule has 0 bridgehead atoms. The summed E-state index contributed by atoms with van der Waals surface area (Å²) in [6.07, 6.45) is 1.04. The van der Waals surface area contributed by atoms with Gasteiger partial charge in [-0.05, 0) is 40.9 Å². The molecular formula is C11H25N3O. The van der Waals surface area contributed by atoms with Crippen molar-refractivity contribution in [1.82, 2.24) is 15.5 Å². The third kappa shape index (κ3) is 6.47. The molecule has 90 valence electrons. The zero-order valence-corrected chi connectivity index (χ0v) is 10.7. The fourth-order valence-electron chi connectivity index (χ4n) is 1.13. The number of hydrogen-bond acceptors (Lipinski definition) is 3. The number of hydrogen-bond donors (Lipinski definition) is 2. The fraction of sp³-hybridized carbons (Fsp3) is 0.909. The Morgan fingerprint density at radius 2 is 1.87 bits per heavy atom. The van der Waals surface area contributed by atoms with Crippen LogP contribution in [0.25, 0.3) is 0 Å². The first-order chi connectivity index (χ1) is 6.90. The lowest BCUT2D eigenvalue weighted by atomic mass is 10.0. The highest BCUT2D eigenvalue weighted by Gasteiger charge is 2.25. The molecule has 0 aromatic rings. The highest BCUT2D eigenvalue weighted by Crippen LogP contribution is 2.01. The van der Waals surface area contributed by atoms with Crippen molar-refractivity contribution < 1.29 is 4.79 Å². The van der Waals surface area contributed by atoms with Crippen molar-refractivity contribution >= 4 is 5.91 Å². The average molecular weight is 215 g/mol. The van der Waals surface area contributed by atoms with E-state index in [0.29, 0.717) is 6.54 Å². The molecule has 0 aromatic carbocycles. The summed E-state index contributed by atoms with van der Waals surface area (Å²) in [6, 6.07) is 0. The van der Waals surface area contributed by atoms with Gasteiger partial charge < -0.3 is 15.5 Å². The van der Waals surface area contributed by atoms with Crippen LogP contribution in [-0.2, 0) is 4.79 Å². The van der Waals surface area contributed by atoms with Gasteiger partial charge in [0.2, 0.25) is 5.91 Å². The van der Waals surface area contributed by atoms with Crippen LogP contribution in [0.5, 0.6) is 0 Å². The monoisotopic (exact) mass is 215 g/mol. The van der Waals surface area contributed by atoms with Gasteiger partial charge in [0.25, 0.3) is 0 Å². The SMILES string of the molecule is CCCNC(C)(C)C(=O)NCCN(C)C. The van der Waals surface area contributed by atoms with E-state index in [1.54, 1.807) is 0 Å². The summed E-state index contributed by atoms with van der Waals surface area (Å²) in [5, 5.41) is 6.14. The van der Waals surface area contributed by atoms with E-state index >= 15 is 0 Å².